The van der Waals surface area contributed by atoms with Crippen molar-refractivity contribution in [2.75, 3.05) is 33.5 Å². The largest absolute Gasteiger partial charge is 0.454 e. The van der Waals surface area contributed by atoms with E-state index in [0.717, 1.165) is 0 Å². The lowest BCUT2D eigenvalue weighted by molar-refractivity contribution is -0.150. The Morgan fingerprint density at radius 1 is 1.21 bits per heavy atom. The van der Waals surface area contributed by atoms with Crippen LogP contribution in [0.25, 0.3) is 0 Å². The van der Waals surface area contributed by atoms with E-state index in [4.69, 9.17) is 4.74 Å². The maximum atomic E-state index is 12.2. The van der Waals surface area contributed by atoms with Crippen LogP contribution in [0.3, 0.4) is 0 Å². The van der Waals surface area contributed by atoms with Gasteiger partial charge in [-0.05, 0) is 24.3 Å². The lowest BCUT2D eigenvalue weighted by atomic mass is 10.3. The Hall–Kier alpha value is -2.06. The van der Waals surface area contributed by atoms with Crippen molar-refractivity contribution in [3.05, 3.63) is 28.7 Å². The molecule has 1 unspecified atom stereocenters. The number of imide groups is 1. The SMILES string of the molecule is COCCNC(=O)NC(=O)COC(=O)C(CO)NS(=O)(=O)c1ccc(Br)cc1. The summed E-state index contributed by atoms with van der Waals surface area (Å²) in [5.74, 6) is -2.12. The summed E-state index contributed by atoms with van der Waals surface area (Å²) >= 11 is 3.17. The molecule has 0 spiro atoms. The molecule has 0 fully saturated rings. The number of methoxy groups -OCH3 is 1. The summed E-state index contributed by atoms with van der Waals surface area (Å²) in [6.07, 6.45) is 0. The van der Waals surface area contributed by atoms with Gasteiger partial charge in [0, 0.05) is 18.1 Å². The standard InChI is InChI=1S/C15H20BrN3O8S/c1-26-7-6-17-15(23)18-13(21)9-27-14(22)12(8-20)19-28(24,25)11-4-2-10(16)3-5-11/h2-5,12,19-20H,6-9H2,1H3,(H2,17,18,21,23). The molecule has 1 aromatic carbocycles. The molecular formula is C15H20BrN3O8S. The summed E-state index contributed by atoms with van der Waals surface area (Å²) in [5, 5.41) is 13.5. The van der Waals surface area contributed by atoms with Crippen LogP contribution in [-0.4, -0.2) is 70.9 Å². The minimum absolute atomic E-state index is 0.132. The van der Waals surface area contributed by atoms with Gasteiger partial charge in [-0.3, -0.25) is 14.9 Å². The van der Waals surface area contributed by atoms with Crippen molar-refractivity contribution in [1.82, 2.24) is 15.4 Å². The summed E-state index contributed by atoms with van der Waals surface area (Å²) < 4.78 is 36.5. The fourth-order valence-electron chi connectivity index (χ4n) is 1.74. The van der Waals surface area contributed by atoms with Crippen LogP contribution < -0.4 is 15.4 Å². The second kappa shape index (κ2) is 11.7. The quantitative estimate of drug-likeness (QED) is 0.247. The number of hydrogen-bond acceptors (Lipinski definition) is 8. The van der Waals surface area contributed by atoms with Crippen LogP contribution in [-0.2, 0) is 29.1 Å². The number of aliphatic hydroxyl groups excluding tert-OH is 1. The number of sulfonamides is 1. The molecule has 3 amide bonds. The lowest BCUT2D eigenvalue weighted by Crippen LogP contribution is -2.46. The number of benzene rings is 1. The van der Waals surface area contributed by atoms with Gasteiger partial charge in [0.05, 0.1) is 18.1 Å². The number of rotatable bonds is 10. The van der Waals surface area contributed by atoms with E-state index in [9.17, 15) is 27.9 Å². The molecule has 0 saturated heterocycles. The maximum Gasteiger partial charge on any atom is 0.327 e. The highest BCUT2D eigenvalue weighted by atomic mass is 79.9. The Morgan fingerprint density at radius 3 is 2.43 bits per heavy atom. The monoisotopic (exact) mass is 481 g/mol. The van der Waals surface area contributed by atoms with E-state index in [1.807, 2.05) is 10.0 Å². The number of urea groups is 1. The number of ether oxygens (including phenoxy) is 2. The van der Waals surface area contributed by atoms with Crippen LogP contribution in [0.4, 0.5) is 4.79 Å². The second-order valence-corrected chi connectivity index (χ2v) is 7.84. The van der Waals surface area contributed by atoms with Crippen LogP contribution >= 0.6 is 15.9 Å². The number of nitrogens with one attached hydrogen (secondary N) is 3. The van der Waals surface area contributed by atoms with Crippen LogP contribution in [0.2, 0.25) is 0 Å². The third-order valence-corrected chi connectivity index (χ3v) is 5.09. The van der Waals surface area contributed by atoms with E-state index < -0.39 is 47.2 Å². The molecule has 4 N–H and O–H groups in total. The minimum atomic E-state index is -4.11. The Labute approximate surface area is 169 Å². The van der Waals surface area contributed by atoms with Crippen molar-refractivity contribution >= 4 is 43.9 Å². The molecule has 0 aromatic heterocycles. The molecular weight excluding hydrogens is 462 g/mol. The van der Waals surface area contributed by atoms with Crippen molar-refractivity contribution in [2.45, 2.75) is 10.9 Å². The second-order valence-electron chi connectivity index (χ2n) is 5.21. The van der Waals surface area contributed by atoms with Crippen LogP contribution in [0, 0.1) is 0 Å². The smallest absolute Gasteiger partial charge is 0.327 e. The topological polar surface area (TPSA) is 160 Å². The first-order valence-electron chi connectivity index (χ1n) is 7.81. The molecule has 13 heteroatoms. The van der Waals surface area contributed by atoms with Gasteiger partial charge in [0.15, 0.2) is 6.61 Å². The van der Waals surface area contributed by atoms with Gasteiger partial charge in [-0.15, -0.1) is 0 Å². The Kier molecular flexibility index (Phi) is 10.0. The van der Waals surface area contributed by atoms with Gasteiger partial charge >= 0.3 is 12.0 Å². The van der Waals surface area contributed by atoms with Crippen molar-refractivity contribution in [2.24, 2.45) is 0 Å². The number of halogens is 1. The Morgan fingerprint density at radius 2 is 1.86 bits per heavy atom. The zero-order valence-electron chi connectivity index (χ0n) is 14.8. The van der Waals surface area contributed by atoms with Gasteiger partial charge < -0.3 is 19.9 Å². The van der Waals surface area contributed by atoms with Gasteiger partial charge in [-0.2, -0.15) is 4.72 Å². The van der Waals surface area contributed by atoms with E-state index >= 15 is 0 Å². The number of esters is 1. The zero-order valence-corrected chi connectivity index (χ0v) is 17.2. The third-order valence-electron chi connectivity index (χ3n) is 3.08. The van der Waals surface area contributed by atoms with Crippen LogP contribution in [0.15, 0.2) is 33.6 Å². The highest BCUT2D eigenvalue weighted by Gasteiger charge is 2.27. The molecule has 0 aliphatic heterocycles. The summed E-state index contributed by atoms with van der Waals surface area (Å²) in [6, 6.07) is 3.12. The number of aliphatic hydroxyl groups is 1. The van der Waals surface area contributed by atoms with Gasteiger partial charge in [-0.1, -0.05) is 15.9 Å². The van der Waals surface area contributed by atoms with Crippen molar-refractivity contribution < 1.29 is 37.4 Å². The van der Waals surface area contributed by atoms with E-state index in [0.29, 0.717) is 4.47 Å². The number of hydrogen-bond donors (Lipinski definition) is 4. The molecule has 0 aliphatic rings. The summed E-state index contributed by atoms with van der Waals surface area (Å²) in [4.78, 5) is 34.7. The molecule has 0 radical (unpaired) electrons. The van der Waals surface area contributed by atoms with Gasteiger partial charge in [-0.25, -0.2) is 13.2 Å². The summed E-state index contributed by atoms with van der Waals surface area (Å²) in [5.41, 5.74) is 0. The van der Waals surface area contributed by atoms with Crippen molar-refractivity contribution in [3.8, 4) is 0 Å². The molecule has 1 rings (SSSR count). The molecule has 11 nitrogen and oxygen atoms in total. The summed E-state index contributed by atoms with van der Waals surface area (Å²) in [7, 11) is -2.67. The first-order valence-corrected chi connectivity index (χ1v) is 10.1. The zero-order chi connectivity index (χ0) is 21.2. The van der Waals surface area contributed by atoms with E-state index in [1.165, 1.54) is 31.4 Å². The average molecular weight is 482 g/mol. The minimum Gasteiger partial charge on any atom is -0.454 e. The molecule has 1 atom stereocenters. The molecule has 0 heterocycles. The fourth-order valence-corrected chi connectivity index (χ4v) is 3.18. The van der Waals surface area contributed by atoms with Crippen LogP contribution in [0.5, 0.6) is 0 Å². The molecule has 156 valence electrons. The van der Waals surface area contributed by atoms with Crippen molar-refractivity contribution in [3.63, 3.8) is 0 Å². The Balaban J connectivity index is 2.55. The third kappa shape index (κ3) is 8.31. The molecule has 1 aromatic rings. The van der Waals surface area contributed by atoms with Crippen LogP contribution in [0.1, 0.15) is 0 Å². The van der Waals surface area contributed by atoms with E-state index in [2.05, 4.69) is 26.0 Å². The lowest BCUT2D eigenvalue weighted by Gasteiger charge is -2.15. The molecule has 0 aliphatic carbocycles. The van der Waals surface area contributed by atoms with Gasteiger partial charge in [0.25, 0.3) is 5.91 Å². The average Bonchev–Trinajstić information content (AvgIpc) is 2.64. The first kappa shape index (κ1) is 24.0. The van der Waals surface area contributed by atoms with E-state index in [1.54, 1.807) is 0 Å². The maximum absolute atomic E-state index is 12.2. The van der Waals surface area contributed by atoms with Gasteiger partial charge in [0.1, 0.15) is 6.04 Å². The highest BCUT2D eigenvalue weighted by Crippen LogP contribution is 2.15. The first-order chi connectivity index (χ1) is 13.2. The predicted octanol–water partition coefficient (Wildman–Crippen LogP) is -0.896. The van der Waals surface area contributed by atoms with E-state index in [-0.39, 0.29) is 18.0 Å². The number of carbonyl (C=O) groups is 3. The number of amides is 3. The predicted molar refractivity (Wildman–Crippen MR) is 99.7 cm³/mol. The molecule has 0 saturated carbocycles. The molecule has 28 heavy (non-hydrogen) atoms. The Bertz CT molecular complexity index is 785. The highest BCUT2D eigenvalue weighted by molar-refractivity contribution is 9.10. The van der Waals surface area contributed by atoms with Crippen molar-refractivity contribution in [1.29, 1.82) is 0 Å². The summed E-state index contributed by atoms with van der Waals surface area (Å²) in [6.45, 7) is -1.33. The molecule has 0 bridgehead atoms. The van der Waals surface area contributed by atoms with Gasteiger partial charge in [0.2, 0.25) is 10.0 Å². The fraction of sp³-hybridized carbons (Fsp3) is 0.400. The number of carbonyl (C=O) groups excluding carboxylic acids is 3. The normalized spacial score (nSPS) is 12.1.